The molecule has 0 fully saturated rings. The molecule has 1 rings (SSSR count). The summed E-state index contributed by atoms with van der Waals surface area (Å²) in [6.45, 7) is 2.64. The molecule has 0 spiro atoms. The summed E-state index contributed by atoms with van der Waals surface area (Å²) in [4.78, 5) is 4.07. The van der Waals surface area contributed by atoms with Gasteiger partial charge in [-0.2, -0.15) is 5.26 Å². The van der Waals surface area contributed by atoms with E-state index in [1.807, 2.05) is 19.1 Å². The Bertz CT molecular complexity index is 332. The highest BCUT2D eigenvalue weighted by atomic mass is 16.5. The van der Waals surface area contributed by atoms with Crippen LogP contribution in [0.1, 0.15) is 12.6 Å². The lowest BCUT2D eigenvalue weighted by Crippen LogP contribution is -2.18. The van der Waals surface area contributed by atoms with Crippen molar-refractivity contribution >= 4 is 5.82 Å². The molecule has 1 atom stereocenters. The van der Waals surface area contributed by atoms with Crippen LogP contribution in [0.25, 0.3) is 0 Å². The fraction of sp³-hybridized carbons (Fsp3) is 0.400. The highest BCUT2D eigenvalue weighted by Gasteiger charge is 2.00. The molecule has 0 aliphatic carbocycles. The van der Waals surface area contributed by atoms with Gasteiger partial charge in [0.1, 0.15) is 17.6 Å². The summed E-state index contributed by atoms with van der Waals surface area (Å²) < 4.78 is 5.07. The fourth-order valence-electron chi connectivity index (χ4n) is 0.927. The van der Waals surface area contributed by atoms with Gasteiger partial charge >= 0.3 is 0 Å². The normalized spacial score (nSPS) is 11.8. The van der Waals surface area contributed by atoms with E-state index in [9.17, 15) is 0 Å². The van der Waals surface area contributed by atoms with Crippen LogP contribution in [0.3, 0.4) is 0 Å². The maximum atomic E-state index is 8.62. The molecule has 0 saturated carbocycles. The van der Waals surface area contributed by atoms with Crippen LogP contribution in [0.15, 0.2) is 18.2 Å². The maximum absolute atomic E-state index is 8.62. The molecular formula is C10H13N3O. The van der Waals surface area contributed by atoms with Crippen molar-refractivity contribution in [3.05, 3.63) is 23.9 Å². The number of anilines is 1. The number of pyridine rings is 1. The molecule has 0 aliphatic heterocycles. The Morgan fingerprint density at radius 1 is 1.64 bits per heavy atom. The Kier molecular flexibility index (Phi) is 3.89. The zero-order valence-electron chi connectivity index (χ0n) is 8.32. The number of methoxy groups -OCH3 is 1. The number of nitrogens with zero attached hydrogens (tertiary/aromatic N) is 2. The second-order valence-corrected chi connectivity index (χ2v) is 2.95. The average Bonchev–Trinajstić information content (AvgIpc) is 2.26. The number of nitrogens with one attached hydrogen (secondary N) is 1. The van der Waals surface area contributed by atoms with Gasteiger partial charge in [0.2, 0.25) is 0 Å². The molecule has 1 aromatic heterocycles. The van der Waals surface area contributed by atoms with Gasteiger partial charge in [-0.15, -0.1) is 0 Å². The Morgan fingerprint density at radius 2 is 2.43 bits per heavy atom. The van der Waals surface area contributed by atoms with Gasteiger partial charge in [-0.05, 0) is 19.1 Å². The summed E-state index contributed by atoms with van der Waals surface area (Å²) in [5.74, 6) is 0.702. The SMILES string of the molecule is COC(C)CNc1cccc(C#N)n1. The smallest absolute Gasteiger partial charge is 0.142 e. The Balaban J connectivity index is 2.55. The monoisotopic (exact) mass is 191 g/mol. The van der Waals surface area contributed by atoms with Crippen LogP contribution in [0.2, 0.25) is 0 Å². The van der Waals surface area contributed by atoms with Gasteiger partial charge in [-0.25, -0.2) is 4.98 Å². The first-order chi connectivity index (χ1) is 6.76. The Labute approximate surface area is 83.5 Å². The van der Waals surface area contributed by atoms with Crippen molar-refractivity contribution in [2.75, 3.05) is 19.0 Å². The van der Waals surface area contributed by atoms with E-state index in [-0.39, 0.29) is 6.10 Å². The zero-order chi connectivity index (χ0) is 10.4. The summed E-state index contributed by atoms with van der Waals surface area (Å²) in [6, 6.07) is 7.28. The molecule has 4 heteroatoms. The molecule has 1 N–H and O–H groups in total. The maximum Gasteiger partial charge on any atom is 0.142 e. The number of rotatable bonds is 4. The Morgan fingerprint density at radius 3 is 3.07 bits per heavy atom. The van der Waals surface area contributed by atoms with E-state index < -0.39 is 0 Å². The predicted octanol–water partition coefficient (Wildman–Crippen LogP) is 1.40. The minimum absolute atomic E-state index is 0.127. The molecule has 4 nitrogen and oxygen atoms in total. The second kappa shape index (κ2) is 5.20. The van der Waals surface area contributed by atoms with E-state index in [4.69, 9.17) is 10.00 Å². The van der Waals surface area contributed by atoms with Gasteiger partial charge in [0, 0.05) is 13.7 Å². The number of hydrogen-bond acceptors (Lipinski definition) is 4. The molecule has 1 aromatic rings. The van der Waals surface area contributed by atoms with Crippen LogP contribution in [-0.2, 0) is 4.74 Å². The van der Waals surface area contributed by atoms with Crippen LogP contribution < -0.4 is 5.32 Å². The third-order valence-corrected chi connectivity index (χ3v) is 1.84. The van der Waals surface area contributed by atoms with Crippen LogP contribution in [-0.4, -0.2) is 24.7 Å². The predicted molar refractivity (Wildman–Crippen MR) is 53.9 cm³/mol. The van der Waals surface area contributed by atoms with Gasteiger partial charge in [-0.1, -0.05) is 6.07 Å². The van der Waals surface area contributed by atoms with E-state index in [0.29, 0.717) is 18.1 Å². The van der Waals surface area contributed by atoms with Gasteiger partial charge in [0.15, 0.2) is 0 Å². The zero-order valence-corrected chi connectivity index (χ0v) is 8.32. The standard InChI is InChI=1S/C10H13N3O/c1-8(14-2)7-12-10-5-3-4-9(6-11)13-10/h3-5,8H,7H2,1-2H3,(H,12,13). The van der Waals surface area contributed by atoms with Crippen LogP contribution in [0.5, 0.6) is 0 Å². The summed E-state index contributed by atoms with van der Waals surface area (Å²) in [5, 5.41) is 11.7. The van der Waals surface area contributed by atoms with Crippen LogP contribution >= 0.6 is 0 Å². The molecule has 0 bridgehead atoms. The Hall–Kier alpha value is -1.60. The van der Waals surface area contributed by atoms with Crippen molar-refractivity contribution in [3.63, 3.8) is 0 Å². The minimum Gasteiger partial charge on any atom is -0.380 e. The molecule has 1 unspecified atom stereocenters. The number of ether oxygens (including phenoxy) is 1. The molecule has 0 amide bonds. The van der Waals surface area contributed by atoms with E-state index in [0.717, 1.165) is 0 Å². The fourth-order valence-corrected chi connectivity index (χ4v) is 0.927. The molecule has 1 heterocycles. The van der Waals surface area contributed by atoms with Crippen LogP contribution in [0, 0.1) is 11.3 Å². The molecule has 0 radical (unpaired) electrons. The van der Waals surface area contributed by atoms with Crippen molar-refractivity contribution in [1.29, 1.82) is 5.26 Å². The summed E-state index contributed by atoms with van der Waals surface area (Å²) in [7, 11) is 1.66. The number of nitriles is 1. The topological polar surface area (TPSA) is 57.9 Å². The average molecular weight is 191 g/mol. The van der Waals surface area contributed by atoms with Crippen molar-refractivity contribution < 1.29 is 4.74 Å². The third kappa shape index (κ3) is 3.04. The molecule has 0 aromatic carbocycles. The highest BCUT2D eigenvalue weighted by Crippen LogP contribution is 2.04. The first-order valence-electron chi connectivity index (χ1n) is 4.40. The minimum atomic E-state index is 0.127. The van der Waals surface area contributed by atoms with Gasteiger partial charge in [0.05, 0.1) is 6.10 Å². The lowest BCUT2D eigenvalue weighted by Gasteiger charge is -2.10. The summed E-state index contributed by atoms with van der Waals surface area (Å²) >= 11 is 0. The van der Waals surface area contributed by atoms with Gasteiger partial charge in [0.25, 0.3) is 0 Å². The third-order valence-electron chi connectivity index (χ3n) is 1.84. The van der Waals surface area contributed by atoms with E-state index in [1.165, 1.54) is 0 Å². The van der Waals surface area contributed by atoms with Crippen LogP contribution in [0.4, 0.5) is 5.82 Å². The largest absolute Gasteiger partial charge is 0.380 e. The molecule has 74 valence electrons. The first-order valence-corrected chi connectivity index (χ1v) is 4.40. The van der Waals surface area contributed by atoms with Crippen molar-refractivity contribution in [2.24, 2.45) is 0 Å². The molecule has 0 saturated heterocycles. The van der Waals surface area contributed by atoms with E-state index >= 15 is 0 Å². The first kappa shape index (κ1) is 10.5. The quantitative estimate of drug-likeness (QED) is 0.781. The molecular weight excluding hydrogens is 178 g/mol. The lowest BCUT2D eigenvalue weighted by molar-refractivity contribution is 0.128. The molecule has 14 heavy (non-hydrogen) atoms. The second-order valence-electron chi connectivity index (χ2n) is 2.95. The number of aromatic nitrogens is 1. The summed E-state index contributed by atoms with van der Waals surface area (Å²) in [6.07, 6.45) is 0.127. The summed E-state index contributed by atoms with van der Waals surface area (Å²) in [5.41, 5.74) is 0.417. The van der Waals surface area contributed by atoms with Crippen molar-refractivity contribution in [2.45, 2.75) is 13.0 Å². The van der Waals surface area contributed by atoms with E-state index in [2.05, 4.69) is 10.3 Å². The van der Waals surface area contributed by atoms with Gasteiger partial charge in [-0.3, -0.25) is 0 Å². The lowest BCUT2D eigenvalue weighted by atomic mass is 10.3. The van der Waals surface area contributed by atoms with E-state index in [1.54, 1.807) is 19.2 Å². The van der Waals surface area contributed by atoms with Crippen molar-refractivity contribution in [3.8, 4) is 6.07 Å². The number of hydrogen-bond donors (Lipinski definition) is 1. The van der Waals surface area contributed by atoms with Gasteiger partial charge < -0.3 is 10.1 Å². The highest BCUT2D eigenvalue weighted by molar-refractivity contribution is 5.38. The van der Waals surface area contributed by atoms with Crippen molar-refractivity contribution in [1.82, 2.24) is 4.98 Å². The molecule has 0 aliphatic rings.